The lowest BCUT2D eigenvalue weighted by atomic mass is 10.0. The van der Waals surface area contributed by atoms with Crippen LogP contribution < -0.4 is 0 Å². The van der Waals surface area contributed by atoms with Crippen LogP contribution in [-0.4, -0.2) is 24.3 Å². The summed E-state index contributed by atoms with van der Waals surface area (Å²) in [4.78, 5) is 11.8. The predicted molar refractivity (Wildman–Crippen MR) is 66.0 cm³/mol. The third-order valence-electron chi connectivity index (χ3n) is 2.26. The lowest BCUT2D eigenvalue weighted by Crippen LogP contribution is -2.37. The van der Waals surface area contributed by atoms with Gasteiger partial charge in [0.1, 0.15) is 0 Å². The van der Waals surface area contributed by atoms with Crippen molar-refractivity contribution in [2.75, 3.05) is 6.61 Å². The molecule has 1 aliphatic heterocycles. The number of hydrogen-bond donors (Lipinski definition) is 0. The molecule has 1 aliphatic rings. The Morgan fingerprint density at radius 3 is 2.78 bits per heavy atom. The maximum absolute atomic E-state index is 11.8. The second kappa shape index (κ2) is 5.23. The molecule has 0 radical (unpaired) electrons. The number of nitrogens with zero attached hydrogens (tertiary/aromatic N) is 3. The highest BCUT2D eigenvalue weighted by Gasteiger charge is 2.40. The van der Waals surface area contributed by atoms with E-state index in [9.17, 15) is 4.79 Å². The monoisotopic (exact) mass is 241 g/mol. The largest absolute Gasteiger partial charge is 0.463 e. The molecule has 0 amide bonds. The second-order valence-electron chi connectivity index (χ2n) is 3.54. The van der Waals surface area contributed by atoms with E-state index in [4.69, 9.17) is 4.74 Å². The van der Waals surface area contributed by atoms with Gasteiger partial charge in [0.2, 0.25) is 0 Å². The van der Waals surface area contributed by atoms with E-state index in [1.807, 2.05) is 30.3 Å². The summed E-state index contributed by atoms with van der Waals surface area (Å²) in [5.41, 5.74) is -0.608. The van der Waals surface area contributed by atoms with Crippen LogP contribution in [0.2, 0.25) is 0 Å². The molecule has 1 atom stereocenters. The molecule has 0 spiro atoms. The standard InChI is InChI=1S/C13H11N3O2/c1-2-18-12(17)13(10-14-16-15-13)9-8-11-6-4-3-5-7-11/h3-7,10H,2H2,1H3. The summed E-state index contributed by atoms with van der Waals surface area (Å²) in [5.74, 6) is 5.08. The van der Waals surface area contributed by atoms with Gasteiger partial charge in [-0.1, -0.05) is 24.1 Å². The highest BCUT2D eigenvalue weighted by molar-refractivity contribution is 6.05. The highest BCUT2D eigenvalue weighted by atomic mass is 16.5. The summed E-state index contributed by atoms with van der Waals surface area (Å²) in [6.07, 6.45) is 1.29. The van der Waals surface area contributed by atoms with Crippen molar-refractivity contribution >= 4 is 12.2 Å². The van der Waals surface area contributed by atoms with E-state index in [0.717, 1.165) is 5.56 Å². The number of rotatable bonds is 2. The van der Waals surface area contributed by atoms with E-state index in [2.05, 4.69) is 27.3 Å². The van der Waals surface area contributed by atoms with Gasteiger partial charge in [0.15, 0.2) is 0 Å². The van der Waals surface area contributed by atoms with Crippen LogP contribution in [0.25, 0.3) is 0 Å². The fraction of sp³-hybridized carbons (Fsp3) is 0.231. The number of ether oxygens (including phenoxy) is 1. The van der Waals surface area contributed by atoms with Gasteiger partial charge in [-0.15, -0.1) is 10.2 Å². The zero-order valence-electron chi connectivity index (χ0n) is 9.83. The molecule has 0 aromatic heterocycles. The van der Waals surface area contributed by atoms with Gasteiger partial charge in [-0.3, -0.25) is 0 Å². The van der Waals surface area contributed by atoms with Crippen molar-refractivity contribution < 1.29 is 9.53 Å². The first-order chi connectivity index (χ1) is 8.77. The van der Waals surface area contributed by atoms with Crippen LogP contribution in [-0.2, 0) is 9.53 Å². The summed E-state index contributed by atoms with van der Waals surface area (Å²) in [7, 11) is 0. The fourth-order valence-electron chi connectivity index (χ4n) is 1.36. The van der Waals surface area contributed by atoms with E-state index in [0.29, 0.717) is 0 Å². The van der Waals surface area contributed by atoms with Gasteiger partial charge in [0, 0.05) is 5.56 Å². The summed E-state index contributed by atoms with van der Waals surface area (Å²) < 4.78 is 4.93. The van der Waals surface area contributed by atoms with Crippen LogP contribution in [0.15, 0.2) is 45.8 Å². The maximum atomic E-state index is 11.8. The Morgan fingerprint density at radius 2 is 2.17 bits per heavy atom. The van der Waals surface area contributed by atoms with Gasteiger partial charge >= 0.3 is 5.97 Å². The lowest BCUT2D eigenvalue weighted by Gasteiger charge is -2.11. The molecule has 1 heterocycles. The Hall–Kier alpha value is -2.48. The third kappa shape index (κ3) is 2.43. The molecule has 1 aromatic rings. The van der Waals surface area contributed by atoms with Crippen molar-refractivity contribution in [1.82, 2.24) is 0 Å². The molecule has 5 nitrogen and oxygen atoms in total. The number of benzene rings is 1. The van der Waals surface area contributed by atoms with E-state index >= 15 is 0 Å². The van der Waals surface area contributed by atoms with Crippen molar-refractivity contribution in [3.63, 3.8) is 0 Å². The average molecular weight is 241 g/mol. The number of carbonyl (C=O) groups is 1. The second-order valence-corrected chi connectivity index (χ2v) is 3.54. The Morgan fingerprint density at radius 1 is 1.39 bits per heavy atom. The SMILES string of the molecule is CCOC(=O)C1(C#Cc2ccccc2)C=NN=N1. The Balaban J connectivity index is 2.29. The molecule has 2 rings (SSSR count). The summed E-state index contributed by atoms with van der Waals surface area (Å²) in [6, 6.07) is 9.31. The predicted octanol–water partition coefficient (Wildman–Crippen LogP) is 1.79. The van der Waals surface area contributed by atoms with Crippen LogP contribution >= 0.6 is 0 Å². The van der Waals surface area contributed by atoms with Crippen LogP contribution in [0.4, 0.5) is 0 Å². The first kappa shape index (κ1) is 12.0. The number of esters is 1. The molecule has 90 valence electrons. The summed E-state index contributed by atoms with van der Waals surface area (Å²) >= 11 is 0. The fourth-order valence-corrected chi connectivity index (χ4v) is 1.36. The molecule has 0 fully saturated rings. The molecule has 1 unspecified atom stereocenters. The molecule has 1 aromatic carbocycles. The van der Waals surface area contributed by atoms with E-state index in [1.165, 1.54) is 6.21 Å². The van der Waals surface area contributed by atoms with Gasteiger partial charge in [-0.25, -0.2) is 4.79 Å². The van der Waals surface area contributed by atoms with Gasteiger partial charge in [0.05, 0.1) is 12.8 Å². The zero-order chi connectivity index (χ0) is 12.8. The molecule has 18 heavy (non-hydrogen) atoms. The Labute approximate surface area is 105 Å². The van der Waals surface area contributed by atoms with E-state index in [-0.39, 0.29) is 6.61 Å². The van der Waals surface area contributed by atoms with Crippen molar-refractivity contribution in [1.29, 1.82) is 0 Å². The Bertz CT molecular complexity index is 541. The van der Waals surface area contributed by atoms with Crippen molar-refractivity contribution in [3.8, 4) is 11.8 Å². The topological polar surface area (TPSA) is 63.4 Å². The molecule has 0 saturated carbocycles. The molecular weight excluding hydrogens is 230 g/mol. The first-order valence-electron chi connectivity index (χ1n) is 5.49. The highest BCUT2D eigenvalue weighted by Crippen LogP contribution is 2.16. The molecule has 0 aliphatic carbocycles. The van der Waals surface area contributed by atoms with E-state index < -0.39 is 11.5 Å². The normalized spacial score (nSPS) is 20.3. The lowest BCUT2D eigenvalue weighted by molar-refractivity contribution is -0.144. The smallest absolute Gasteiger partial charge is 0.354 e. The minimum atomic E-state index is -1.40. The first-order valence-corrected chi connectivity index (χ1v) is 5.49. The van der Waals surface area contributed by atoms with Crippen molar-refractivity contribution in [2.45, 2.75) is 12.5 Å². The molecule has 5 heteroatoms. The number of hydrogen-bond acceptors (Lipinski definition) is 5. The molecular formula is C13H11N3O2. The molecule has 0 N–H and O–H groups in total. The molecule has 0 saturated heterocycles. The van der Waals surface area contributed by atoms with Crippen molar-refractivity contribution in [3.05, 3.63) is 35.9 Å². The van der Waals surface area contributed by atoms with Crippen LogP contribution in [0, 0.1) is 11.8 Å². The van der Waals surface area contributed by atoms with Crippen LogP contribution in [0.1, 0.15) is 12.5 Å². The zero-order valence-corrected chi connectivity index (χ0v) is 9.83. The third-order valence-corrected chi connectivity index (χ3v) is 2.26. The Kier molecular flexibility index (Phi) is 3.49. The maximum Gasteiger partial charge on any atom is 0.354 e. The van der Waals surface area contributed by atoms with Gasteiger partial charge in [-0.2, -0.15) is 0 Å². The summed E-state index contributed by atoms with van der Waals surface area (Å²) in [5, 5.41) is 10.8. The minimum Gasteiger partial charge on any atom is -0.463 e. The van der Waals surface area contributed by atoms with Gasteiger partial charge in [-0.05, 0) is 30.2 Å². The molecule has 0 bridgehead atoms. The van der Waals surface area contributed by atoms with Gasteiger partial charge in [0.25, 0.3) is 5.54 Å². The van der Waals surface area contributed by atoms with Crippen LogP contribution in [0.3, 0.4) is 0 Å². The summed E-state index contributed by atoms with van der Waals surface area (Å²) in [6.45, 7) is 1.98. The average Bonchev–Trinajstić information content (AvgIpc) is 2.88. The number of carbonyl (C=O) groups excluding carboxylic acids is 1. The minimum absolute atomic E-state index is 0.261. The van der Waals surface area contributed by atoms with Crippen molar-refractivity contribution in [2.24, 2.45) is 15.4 Å². The van der Waals surface area contributed by atoms with E-state index in [1.54, 1.807) is 6.92 Å². The quantitative estimate of drug-likeness (QED) is 0.585. The van der Waals surface area contributed by atoms with Crippen LogP contribution in [0.5, 0.6) is 0 Å². The van der Waals surface area contributed by atoms with Gasteiger partial charge < -0.3 is 4.74 Å².